The van der Waals surface area contributed by atoms with Crippen molar-refractivity contribution >= 4 is 34.7 Å². The molecule has 0 saturated heterocycles. The molecule has 3 aromatic rings. The Bertz CT molecular complexity index is 915. The van der Waals surface area contributed by atoms with Crippen molar-refractivity contribution in [2.24, 2.45) is 5.10 Å². The number of nitrogens with one attached hydrogen (secondary N) is 1. The maximum absolute atomic E-state index is 12.0. The number of aromatic nitrogens is 2. The minimum Gasteiger partial charge on any atom is -0.318 e. The first-order valence-corrected chi connectivity index (χ1v) is 8.82. The van der Waals surface area contributed by atoms with Gasteiger partial charge in [-0.15, -0.1) is 0 Å². The first-order valence-electron chi connectivity index (χ1n) is 7.74. The molecule has 6 heteroatoms. The zero-order valence-electron chi connectivity index (χ0n) is 13.9. The highest BCUT2D eigenvalue weighted by atomic mass is 127. The Morgan fingerprint density at radius 1 is 1.16 bits per heavy atom. The fourth-order valence-electron chi connectivity index (χ4n) is 2.63. The third-order valence-electron chi connectivity index (χ3n) is 3.87. The van der Waals surface area contributed by atoms with E-state index in [4.69, 9.17) is 0 Å². The predicted molar refractivity (Wildman–Crippen MR) is 107 cm³/mol. The van der Waals surface area contributed by atoms with Crippen LogP contribution in [0.4, 0.5) is 0 Å². The lowest BCUT2D eigenvalue weighted by Gasteiger charge is -2.09. The summed E-state index contributed by atoms with van der Waals surface area (Å²) in [6.45, 7) is 4.09. The SMILES string of the molecule is Cc1cc(C=NNC(=O)c2ccncc2)c(C)n1-c1ccc(I)cc1. The van der Waals surface area contributed by atoms with Crippen molar-refractivity contribution in [2.75, 3.05) is 0 Å². The van der Waals surface area contributed by atoms with Crippen molar-refractivity contribution in [1.29, 1.82) is 0 Å². The molecule has 2 heterocycles. The maximum Gasteiger partial charge on any atom is 0.271 e. The molecule has 5 nitrogen and oxygen atoms in total. The number of hydrogen-bond acceptors (Lipinski definition) is 3. The van der Waals surface area contributed by atoms with Crippen LogP contribution in [0.3, 0.4) is 0 Å². The molecule has 0 saturated carbocycles. The van der Waals surface area contributed by atoms with Crippen LogP contribution in [0.1, 0.15) is 27.3 Å². The molecule has 2 aromatic heterocycles. The summed E-state index contributed by atoms with van der Waals surface area (Å²) in [6.07, 6.45) is 4.82. The van der Waals surface area contributed by atoms with E-state index >= 15 is 0 Å². The van der Waals surface area contributed by atoms with Crippen LogP contribution in [-0.4, -0.2) is 21.7 Å². The van der Waals surface area contributed by atoms with Crippen LogP contribution in [0.5, 0.6) is 0 Å². The van der Waals surface area contributed by atoms with E-state index in [0.29, 0.717) is 5.56 Å². The number of hydrogen-bond donors (Lipinski definition) is 1. The van der Waals surface area contributed by atoms with Gasteiger partial charge in [0.15, 0.2) is 0 Å². The molecule has 3 rings (SSSR count). The van der Waals surface area contributed by atoms with Crippen molar-refractivity contribution in [3.8, 4) is 5.69 Å². The lowest BCUT2D eigenvalue weighted by Crippen LogP contribution is -2.17. The van der Waals surface area contributed by atoms with Crippen molar-refractivity contribution in [3.63, 3.8) is 0 Å². The number of halogens is 1. The van der Waals surface area contributed by atoms with Gasteiger partial charge in [0, 0.05) is 44.2 Å². The van der Waals surface area contributed by atoms with Gasteiger partial charge in [0.05, 0.1) is 6.21 Å². The summed E-state index contributed by atoms with van der Waals surface area (Å²) >= 11 is 2.29. The number of aryl methyl sites for hydroxylation is 1. The average Bonchev–Trinajstić information content (AvgIpc) is 2.90. The summed E-state index contributed by atoms with van der Waals surface area (Å²) in [7, 11) is 0. The van der Waals surface area contributed by atoms with Crippen molar-refractivity contribution in [3.05, 3.63) is 80.9 Å². The number of hydrazone groups is 1. The van der Waals surface area contributed by atoms with Crippen molar-refractivity contribution in [1.82, 2.24) is 15.0 Å². The number of amides is 1. The zero-order chi connectivity index (χ0) is 17.8. The van der Waals surface area contributed by atoms with Crippen LogP contribution in [-0.2, 0) is 0 Å². The number of pyridine rings is 1. The molecule has 0 aliphatic heterocycles. The summed E-state index contributed by atoms with van der Waals surface area (Å²) in [5.74, 6) is -0.259. The van der Waals surface area contributed by atoms with Gasteiger partial charge in [0.25, 0.3) is 5.91 Å². The molecule has 0 atom stereocenters. The molecule has 0 aliphatic rings. The fourth-order valence-corrected chi connectivity index (χ4v) is 2.99. The van der Waals surface area contributed by atoms with Gasteiger partial charge in [-0.1, -0.05) is 0 Å². The zero-order valence-corrected chi connectivity index (χ0v) is 16.1. The highest BCUT2D eigenvalue weighted by molar-refractivity contribution is 14.1. The van der Waals surface area contributed by atoms with Gasteiger partial charge in [-0.25, -0.2) is 5.43 Å². The molecular weight excluding hydrogens is 427 g/mol. The summed E-state index contributed by atoms with van der Waals surface area (Å²) in [5.41, 5.74) is 7.32. The van der Waals surface area contributed by atoms with Crippen LogP contribution in [0.25, 0.3) is 5.69 Å². The Morgan fingerprint density at radius 3 is 2.52 bits per heavy atom. The standard InChI is InChI=1S/C19H17IN4O/c1-13-11-16(12-22-23-19(25)15-7-9-21-10-8-15)14(2)24(13)18-5-3-17(20)4-6-18/h3-12H,1-2H3,(H,23,25). The van der Waals surface area contributed by atoms with E-state index in [0.717, 1.165) is 22.6 Å². The number of carbonyl (C=O) groups excluding carboxylic acids is 1. The second-order valence-electron chi connectivity index (χ2n) is 5.57. The van der Waals surface area contributed by atoms with E-state index in [1.54, 1.807) is 30.7 Å². The molecule has 0 unspecified atom stereocenters. The van der Waals surface area contributed by atoms with E-state index in [1.165, 1.54) is 3.57 Å². The number of nitrogens with zero attached hydrogens (tertiary/aromatic N) is 3. The van der Waals surface area contributed by atoms with Gasteiger partial charge in [0.1, 0.15) is 0 Å². The molecule has 126 valence electrons. The highest BCUT2D eigenvalue weighted by Crippen LogP contribution is 2.20. The largest absolute Gasteiger partial charge is 0.318 e. The molecule has 1 amide bonds. The van der Waals surface area contributed by atoms with Crippen molar-refractivity contribution in [2.45, 2.75) is 13.8 Å². The maximum atomic E-state index is 12.0. The minimum absolute atomic E-state index is 0.259. The fraction of sp³-hybridized carbons (Fsp3) is 0.105. The lowest BCUT2D eigenvalue weighted by atomic mass is 10.2. The van der Waals surface area contributed by atoms with E-state index in [9.17, 15) is 4.79 Å². The third-order valence-corrected chi connectivity index (χ3v) is 4.59. The van der Waals surface area contributed by atoms with Crippen LogP contribution in [0.15, 0.2) is 60.0 Å². The Kier molecular flexibility index (Phi) is 5.28. The first kappa shape index (κ1) is 17.3. The van der Waals surface area contributed by atoms with Gasteiger partial charge in [-0.05, 0) is 78.9 Å². The van der Waals surface area contributed by atoms with Gasteiger partial charge < -0.3 is 4.57 Å². The van der Waals surface area contributed by atoms with Gasteiger partial charge in [-0.2, -0.15) is 5.10 Å². The molecule has 0 fully saturated rings. The number of carbonyl (C=O) groups is 1. The summed E-state index contributed by atoms with van der Waals surface area (Å²) in [6, 6.07) is 13.7. The van der Waals surface area contributed by atoms with E-state index in [-0.39, 0.29) is 5.91 Å². The molecule has 0 bridgehead atoms. The Labute approximate surface area is 159 Å². The minimum atomic E-state index is -0.259. The summed E-state index contributed by atoms with van der Waals surface area (Å²) in [4.78, 5) is 15.9. The van der Waals surface area contributed by atoms with Crippen molar-refractivity contribution < 1.29 is 4.79 Å². The Hall–Kier alpha value is -2.48. The lowest BCUT2D eigenvalue weighted by molar-refractivity contribution is 0.0955. The average molecular weight is 444 g/mol. The van der Waals surface area contributed by atoms with Crippen LogP contribution in [0.2, 0.25) is 0 Å². The van der Waals surface area contributed by atoms with E-state index < -0.39 is 0 Å². The van der Waals surface area contributed by atoms with Crippen LogP contribution in [0, 0.1) is 17.4 Å². The molecule has 1 N–H and O–H groups in total. The Morgan fingerprint density at radius 2 is 1.84 bits per heavy atom. The number of benzene rings is 1. The molecule has 1 aromatic carbocycles. The van der Waals surface area contributed by atoms with E-state index in [2.05, 4.69) is 79.9 Å². The first-order chi connectivity index (χ1) is 12.1. The second-order valence-corrected chi connectivity index (χ2v) is 6.82. The smallest absolute Gasteiger partial charge is 0.271 e. The predicted octanol–water partition coefficient (Wildman–Crippen LogP) is 3.86. The molecule has 0 radical (unpaired) electrons. The number of rotatable bonds is 4. The van der Waals surface area contributed by atoms with Crippen LogP contribution >= 0.6 is 22.6 Å². The Balaban J connectivity index is 1.79. The van der Waals surface area contributed by atoms with Gasteiger partial charge >= 0.3 is 0 Å². The highest BCUT2D eigenvalue weighted by Gasteiger charge is 2.09. The molecule has 0 spiro atoms. The summed E-state index contributed by atoms with van der Waals surface area (Å²) in [5, 5.41) is 4.08. The summed E-state index contributed by atoms with van der Waals surface area (Å²) < 4.78 is 3.37. The molecular formula is C19H17IN4O. The van der Waals surface area contributed by atoms with E-state index in [1.807, 2.05) is 6.92 Å². The molecule has 25 heavy (non-hydrogen) atoms. The van der Waals surface area contributed by atoms with Gasteiger partial charge in [0.2, 0.25) is 0 Å². The second kappa shape index (κ2) is 7.60. The van der Waals surface area contributed by atoms with Gasteiger partial charge in [-0.3, -0.25) is 9.78 Å². The normalized spacial score (nSPS) is 11.0. The topological polar surface area (TPSA) is 59.3 Å². The third kappa shape index (κ3) is 3.96. The monoisotopic (exact) mass is 444 g/mol. The quantitative estimate of drug-likeness (QED) is 0.378. The molecule has 0 aliphatic carbocycles. The van der Waals surface area contributed by atoms with Crippen LogP contribution < -0.4 is 5.43 Å².